The Morgan fingerprint density at radius 3 is 2.26 bits per heavy atom. The van der Waals surface area contributed by atoms with E-state index in [4.69, 9.17) is 11.6 Å². The van der Waals surface area contributed by atoms with Crippen LogP contribution in [0.25, 0.3) is 0 Å². The van der Waals surface area contributed by atoms with Gasteiger partial charge in [-0.05, 0) is 86.6 Å². The van der Waals surface area contributed by atoms with E-state index in [1.165, 1.54) is 25.7 Å². The van der Waals surface area contributed by atoms with Gasteiger partial charge in [0.25, 0.3) is 5.91 Å². The predicted molar refractivity (Wildman–Crippen MR) is 155 cm³/mol. The summed E-state index contributed by atoms with van der Waals surface area (Å²) >= 11 is 6.32. The van der Waals surface area contributed by atoms with Crippen LogP contribution in [0.5, 0.6) is 0 Å². The quantitative estimate of drug-likeness (QED) is 0.346. The van der Waals surface area contributed by atoms with Gasteiger partial charge in [-0.3, -0.25) is 9.59 Å². The van der Waals surface area contributed by atoms with Gasteiger partial charge in [0, 0.05) is 34.5 Å². The third-order valence-electron chi connectivity index (χ3n) is 8.02. The van der Waals surface area contributed by atoms with Crippen LogP contribution in [0, 0.1) is 19.8 Å². The van der Waals surface area contributed by atoms with Gasteiger partial charge in [-0.15, -0.1) is 0 Å². The van der Waals surface area contributed by atoms with E-state index in [0.717, 1.165) is 28.8 Å². The molecule has 5 nitrogen and oxygen atoms in total. The summed E-state index contributed by atoms with van der Waals surface area (Å²) in [5, 5.41) is 7.33. The first-order valence-electron chi connectivity index (χ1n) is 13.7. The Morgan fingerprint density at radius 2 is 1.55 bits per heavy atom. The molecule has 0 bridgehead atoms. The van der Waals surface area contributed by atoms with Crippen LogP contribution in [0.2, 0.25) is 5.02 Å². The van der Waals surface area contributed by atoms with E-state index in [9.17, 15) is 9.59 Å². The van der Waals surface area contributed by atoms with Crippen LogP contribution in [0.15, 0.2) is 66.7 Å². The monoisotopic (exact) mass is 529 g/mol. The molecule has 1 aliphatic heterocycles. The summed E-state index contributed by atoms with van der Waals surface area (Å²) in [5.41, 5.74) is 5.31. The maximum absolute atomic E-state index is 13.9. The molecular weight excluding hydrogens is 494 g/mol. The molecule has 3 aromatic carbocycles. The average Bonchev–Trinajstić information content (AvgIpc) is 3.44. The minimum Gasteiger partial charge on any atom is -0.382 e. The smallest absolute Gasteiger partial charge is 0.254 e. The average molecular weight is 530 g/mol. The van der Waals surface area contributed by atoms with Crippen LogP contribution in [-0.4, -0.2) is 29.3 Å². The standard InChI is InChI=1S/C32H36ClN3O2/c1-21-8-3-6-11-27(21)32(38)36-19-7-12-28(31(37)35-26-16-13-22(2)29(33)20-26)30(36)23-14-17-25(18-15-23)34-24-9-4-5-10-24/h3,6,8,11,13-18,20,24,28,30,34H,4-5,7,9-10,12,19H2,1-2H3,(H,35,37)/t28-,30?/m0/s1. The van der Waals surface area contributed by atoms with E-state index in [-0.39, 0.29) is 23.8 Å². The second-order valence-corrected chi connectivity index (χ2v) is 11.1. The van der Waals surface area contributed by atoms with Crippen molar-refractivity contribution in [1.82, 2.24) is 4.90 Å². The number of rotatable bonds is 6. The highest BCUT2D eigenvalue weighted by molar-refractivity contribution is 6.31. The zero-order valence-corrected chi connectivity index (χ0v) is 22.9. The topological polar surface area (TPSA) is 61.4 Å². The van der Waals surface area contributed by atoms with Crippen molar-refractivity contribution in [2.75, 3.05) is 17.2 Å². The maximum atomic E-state index is 13.9. The highest BCUT2D eigenvalue weighted by atomic mass is 35.5. The molecular formula is C32H36ClN3O2. The molecule has 0 aromatic heterocycles. The lowest BCUT2D eigenvalue weighted by Crippen LogP contribution is -2.46. The molecule has 0 radical (unpaired) electrons. The number of nitrogens with one attached hydrogen (secondary N) is 2. The maximum Gasteiger partial charge on any atom is 0.254 e. The highest BCUT2D eigenvalue weighted by Crippen LogP contribution is 2.39. The molecule has 5 rings (SSSR count). The third kappa shape index (κ3) is 5.73. The number of hydrogen-bond acceptors (Lipinski definition) is 3. The van der Waals surface area contributed by atoms with E-state index in [0.29, 0.717) is 35.3 Å². The van der Waals surface area contributed by atoms with Gasteiger partial charge < -0.3 is 15.5 Å². The first-order chi connectivity index (χ1) is 18.4. The Balaban J connectivity index is 1.45. The van der Waals surface area contributed by atoms with Crippen LogP contribution in [0.4, 0.5) is 11.4 Å². The third-order valence-corrected chi connectivity index (χ3v) is 8.43. The number of carbonyl (C=O) groups excluding carboxylic acids is 2. The predicted octanol–water partition coefficient (Wildman–Crippen LogP) is 7.54. The van der Waals surface area contributed by atoms with Crippen LogP contribution in [0.3, 0.4) is 0 Å². The van der Waals surface area contributed by atoms with Gasteiger partial charge in [0.15, 0.2) is 0 Å². The Bertz CT molecular complexity index is 1300. The summed E-state index contributed by atoms with van der Waals surface area (Å²) in [4.78, 5) is 29.5. The number of piperidine rings is 1. The molecule has 1 unspecified atom stereocenters. The number of nitrogens with zero attached hydrogens (tertiary/aromatic N) is 1. The van der Waals surface area contributed by atoms with Crippen molar-refractivity contribution < 1.29 is 9.59 Å². The number of amides is 2. The van der Waals surface area contributed by atoms with Gasteiger partial charge in [-0.1, -0.05) is 60.8 Å². The molecule has 3 aromatic rings. The van der Waals surface area contributed by atoms with Crippen LogP contribution >= 0.6 is 11.6 Å². The molecule has 2 amide bonds. The number of halogens is 1. The summed E-state index contributed by atoms with van der Waals surface area (Å²) in [5.74, 6) is -0.507. The van der Waals surface area contributed by atoms with Crippen molar-refractivity contribution in [1.29, 1.82) is 0 Å². The van der Waals surface area contributed by atoms with E-state index in [1.807, 2.05) is 55.1 Å². The normalized spacial score (nSPS) is 19.8. The summed E-state index contributed by atoms with van der Waals surface area (Å²) in [6.45, 7) is 4.51. The molecule has 0 spiro atoms. The van der Waals surface area contributed by atoms with Crippen LogP contribution in [0.1, 0.15) is 71.6 Å². The molecule has 2 aliphatic rings. The van der Waals surface area contributed by atoms with Crippen molar-refractivity contribution in [3.8, 4) is 0 Å². The molecule has 1 heterocycles. The fraction of sp³-hybridized carbons (Fsp3) is 0.375. The first-order valence-corrected chi connectivity index (χ1v) is 14.1. The van der Waals surface area contributed by atoms with Gasteiger partial charge in [0.1, 0.15) is 0 Å². The molecule has 6 heteroatoms. The SMILES string of the molecule is Cc1ccc(NC(=O)[C@H]2CCCN(C(=O)c3ccccc3C)C2c2ccc(NC3CCCC3)cc2)cc1Cl. The zero-order chi connectivity index (χ0) is 26.6. The lowest BCUT2D eigenvalue weighted by atomic mass is 9.83. The number of benzene rings is 3. The van der Waals surface area contributed by atoms with Gasteiger partial charge in [0.05, 0.1) is 12.0 Å². The Hall–Kier alpha value is -3.31. The van der Waals surface area contributed by atoms with E-state index < -0.39 is 0 Å². The molecule has 2 atom stereocenters. The summed E-state index contributed by atoms with van der Waals surface area (Å²) in [6.07, 6.45) is 6.42. The van der Waals surface area contributed by atoms with Crippen molar-refractivity contribution in [3.63, 3.8) is 0 Å². The number of likely N-dealkylation sites (tertiary alicyclic amines) is 1. The van der Waals surface area contributed by atoms with E-state index >= 15 is 0 Å². The Labute approximate surface area is 230 Å². The molecule has 2 fully saturated rings. The van der Waals surface area contributed by atoms with Crippen LogP contribution < -0.4 is 10.6 Å². The largest absolute Gasteiger partial charge is 0.382 e. The minimum atomic E-state index is -0.384. The molecule has 1 saturated carbocycles. The lowest BCUT2D eigenvalue weighted by molar-refractivity contribution is -0.123. The van der Waals surface area contributed by atoms with Crippen molar-refractivity contribution in [2.24, 2.45) is 5.92 Å². The Kier molecular flexibility index (Phi) is 8.04. The molecule has 2 N–H and O–H groups in total. The van der Waals surface area contributed by atoms with Gasteiger partial charge in [-0.25, -0.2) is 0 Å². The number of carbonyl (C=O) groups is 2. The highest BCUT2D eigenvalue weighted by Gasteiger charge is 2.40. The molecule has 198 valence electrons. The van der Waals surface area contributed by atoms with Crippen molar-refractivity contribution in [3.05, 3.63) is 94.0 Å². The van der Waals surface area contributed by atoms with E-state index in [2.05, 4.69) is 34.9 Å². The number of aryl methyl sites for hydroxylation is 2. The minimum absolute atomic E-state index is 0.0304. The van der Waals surface area contributed by atoms with Gasteiger partial charge in [0.2, 0.25) is 5.91 Å². The summed E-state index contributed by atoms with van der Waals surface area (Å²) in [7, 11) is 0. The summed E-state index contributed by atoms with van der Waals surface area (Å²) < 4.78 is 0. The van der Waals surface area contributed by atoms with Gasteiger partial charge >= 0.3 is 0 Å². The molecule has 38 heavy (non-hydrogen) atoms. The first kappa shape index (κ1) is 26.3. The number of anilines is 2. The fourth-order valence-electron chi connectivity index (χ4n) is 5.87. The zero-order valence-electron chi connectivity index (χ0n) is 22.2. The number of hydrogen-bond donors (Lipinski definition) is 2. The summed E-state index contributed by atoms with van der Waals surface area (Å²) in [6, 6.07) is 21.7. The van der Waals surface area contributed by atoms with Crippen molar-refractivity contribution in [2.45, 2.75) is 64.5 Å². The lowest BCUT2D eigenvalue weighted by Gasteiger charge is -2.41. The molecule has 1 aliphatic carbocycles. The van der Waals surface area contributed by atoms with Crippen LogP contribution in [-0.2, 0) is 4.79 Å². The second-order valence-electron chi connectivity index (χ2n) is 10.7. The van der Waals surface area contributed by atoms with E-state index in [1.54, 1.807) is 6.07 Å². The molecule has 1 saturated heterocycles. The Morgan fingerprint density at radius 1 is 0.842 bits per heavy atom. The fourth-order valence-corrected chi connectivity index (χ4v) is 6.05. The van der Waals surface area contributed by atoms with Crippen molar-refractivity contribution >= 4 is 34.8 Å². The van der Waals surface area contributed by atoms with Gasteiger partial charge in [-0.2, -0.15) is 0 Å². The second kappa shape index (κ2) is 11.6.